The van der Waals surface area contributed by atoms with E-state index in [2.05, 4.69) is 5.32 Å². The lowest BCUT2D eigenvalue weighted by atomic mass is 10.1. The first-order valence-electron chi connectivity index (χ1n) is 4.44. The first-order valence-corrected chi connectivity index (χ1v) is 4.44. The van der Waals surface area contributed by atoms with Crippen molar-refractivity contribution in [1.82, 2.24) is 5.32 Å². The predicted molar refractivity (Wildman–Crippen MR) is 46.6 cm³/mol. The molecule has 0 aliphatic rings. The molecule has 1 atom stereocenters. The van der Waals surface area contributed by atoms with Gasteiger partial charge in [0.25, 0.3) is 0 Å². The highest BCUT2D eigenvalue weighted by atomic mass is 19.4. The average Bonchev–Trinajstić information content (AvgIpc) is 2.01. The molecule has 0 aliphatic heterocycles. The second-order valence-electron chi connectivity index (χ2n) is 3.09. The minimum atomic E-state index is -4.22. The second-order valence-corrected chi connectivity index (χ2v) is 3.09. The van der Waals surface area contributed by atoms with Gasteiger partial charge in [0.1, 0.15) is 0 Å². The molecule has 0 saturated carbocycles. The van der Waals surface area contributed by atoms with E-state index < -0.39 is 18.5 Å². The lowest BCUT2D eigenvalue weighted by Crippen LogP contribution is -2.33. The number of halogens is 3. The SMILES string of the molecule is CCC(N)CC(=O)NCCC(F)(F)F. The molecule has 6 heteroatoms. The van der Waals surface area contributed by atoms with Crippen LogP contribution in [0.25, 0.3) is 0 Å². The fraction of sp³-hybridized carbons (Fsp3) is 0.875. The van der Waals surface area contributed by atoms with Gasteiger partial charge in [-0.15, -0.1) is 0 Å². The Morgan fingerprint density at radius 2 is 2.07 bits per heavy atom. The molecule has 0 spiro atoms. The number of hydrogen-bond acceptors (Lipinski definition) is 2. The molecule has 1 amide bonds. The van der Waals surface area contributed by atoms with Gasteiger partial charge in [-0.25, -0.2) is 0 Å². The summed E-state index contributed by atoms with van der Waals surface area (Å²) >= 11 is 0. The standard InChI is InChI=1S/C8H15F3N2O/c1-2-6(12)5-7(14)13-4-3-8(9,10)11/h6H,2-5,12H2,1H3,(H,13,14). The van der Waals surface area contributed by atoms with Crippen molar-refractivity contribution in [3.05, 3.63) is 0 Å². The van der Waals surface area contributed by atoms with Crippen LogP contribution >= 0.6 is 0 Å². The molecule has 14 heavy (non-hydrogen) atoms. The van der Waals surface area contributed by atoms with Crippen LogP contribution in [-0.2, 0) is 4.79 Å². The van der Waals surface area contributed by atoms with Crippen LogP contribution in [0.5, 0.6) is 0 Å². The molecule has 0 fully saturated rings. The van der Waals surface area contributed by atoms with E-state index in [9.17, 15) is 18.0 Å². The minimum absolute atomic E-state index is 0.0777. The molecule has 0 aromatic heterocycles. The van der Waals surface area contributed by atoms with E-state index in [0.29, 0.717) is 6.42 Å². The quantitative estimate of drug-likeness (QED) is 0.719. The first kappa shape index (κ1) is 13.2. The van der Waals surface area contributed by atoms with E-state index >= 15 is 0 Å². The first-order chi connectivity index (χ1) is 6.35. The molecule has 0 radical (unpaired) electrons. The van der Waals surface area contributed by atoms with Gasteiger partial charge >= 0.3 is 6.18 Å². The Morgan fingerprint density at radius 1 is 1.50 bits per heavy atom. The fourth-order valence-electron chi connectivity index (χ4n) is 0.798. The van der Waals surface area contributed by atoms with E-state index in [0.717, 1.165) is 0 Å². The van der Waals surface area contributed by atoms with Crippen molar-refractivity contribution in [2.75, 3.05) is 6.54 Å². The normalized spacial score (nSPS) is 13.8. The van der Waals surface area contributed by atoms with Crippen LogP contribution < -0.4 is 11.1 Å². The molecule has 0 aliphatic carbocycles. The zero-order valence-electron chi connectivity index (χ0n) is 8.03. The summed E-state index contributed by atoms with van der Waals surface area (Å²) in [5.74, 6) is -0.427. The predicted octanol–water partition coefficient (Wildman–Crippen LogP) is 1.18. The van der Waals surface area contributed by atoms with Gasteiger partial charge < -0.3 is 11.1 Å². The Balaban J connectivity index is 3.55. The molecular weight excluding hydrogens is 197 g/mol. The van der Waals surface area contributed by atoms with Gasteiger partial charge in [-0.1, -0.05) is 6.92 Å². The number of rotatable bonds is 5. The molecule has 0 rings (SSSR count). The van der Waals surface area contributed by atoms with Gasteiger partial charge in [-0.2, -0.15) is 13.2 Å². The van der Waals surface area contributed by atoms with Crippen LogP contribution in [0, 0.1) is 0 Å². The third kappa shape index (κ3) is 7.85. The Kier molecular flexibility index (Phi) is 5.52. The smallest absolute Gasteiger partial charge is 0.356 e. The lowest BCUT2D eigenvalue weighted by Gasteiger charge is -2.10. The van der Waals surface area contributed by atoms with Gasteiger partial charge in [-0.3, -0.25) is 4.79 Å². The molecule has 84 valence electrons. The van der Waals surface area contributed by atoms with Gasteiger partial charge in [0.05, 0.1) is 6.42 Å². The Morgan fingerprint density at radius 3 is 2.50 bits per heavy atom. The molecule has 0 saturated heterocycles. The maximum Gasteiger partial charge on any atom is 0.390 e. The van der Waals surface area contributed by atoms with Crippen molar-refractivity contribution in [3.8, 4) is 0 Å². The third-order valence-electron chi connectivity index (χ3n) is 1.70. The molecule has 3 N–H and O–H groups in total. The molecule has 0 aromatic rings. The summed E-state index contributed by atoms with van der Waals surface area (Å²) in [4.78, 5) is 10.9. The Labute approximate surface area is 80.8 Å². The number of nitrogens with one attached hydrogen (secondary N) is 1. The number of amides is 1. The number of carbonyl (C=O) groups is 1. The van der Waals surface area contributed by atoms with Crippen molar-refractivity contribution in [1.29, 1.82) is 0 Å². The summed E-state index contributed by atoms with van der Waals surface area (Å²) in [6, 6.07) is -0.277. The Hall–Kier alpha value is -0.780. The monoisotopic (exact) mass is 212 g/mol. The van der Waals surface area contributed by atoms with E-state index in [1.165, 1.54) is 0 Å². The zero-order chi connectivity index (χ0) is 11.2. The van der Waals surface area contributed by atoms with Crippen LogP contribution in [-0.4, -0.2) is 24.7 Å². The van der Waals surface area contributed by atoms with Crippen LogP contribution in [0.2, 0.25) is 0 Å². The summed E-state index contributed by atoms with van der Waals surface area (Å²) in [5.41, 5.74) is 5.45. The summed E-state index contributed by atoms with van der Waals surface area (Å²) in [7, 11) is 0. The van der Waals surface area contributed by atoms with E-state index in [-0.39, 0.29) is 19.0 Å². The van der Waals surface area contributed by atoms with Crippen LogP contribution in [0.3, 0.4) is 0 Å². The van der Waals surface area contributed by atoms with Gasteiger partial charge in [0, 0.05) is 19.0 Å². The highest BCUT2D eigenvalue weighted by molar-refractivity contribution is 5.76. The number of alkyl halides is 3. The van der Waals surface area contributed by atoms with Gasteiger partial charge in [0.15, 0.2) is 0 Å². The summed E-state index contributed by atoms with van der Waals surface area (Å²) in [6.45, 7) is 1.44. The number of carbonyl (C=O) groups excluding carboxylic acids is 1. The van der Waals surface area contributed by atoms with Crippen LogP contribution in [0.4, 0.5) is 13.2 Å². The zero-order valence-corrected chi connectivity index (χ0v) is 8.03. The average molecular weight is 212 g/mol. The topological polar surface area (TPSA) is 55.1 Å². The fourth-order valence-corrected chi connectivity index (χ4v) is 0.798. The lowest BCUT2D eigenvalue weighted by molar-refractivity contribution is -0.135. The second kappa shape index (κ2) is 5.85. The van der Waals surface area contributed by atoms with Crippen molar-refractivity contribution >= 4 is 5.91 Å². The van der Waals surface area contributed by atoms with E-state index in [1.807, 2.05) is 6.92 Å². The molecule has 0 heterocycles. The summed E-state index contributed by atoms with van der Waals surface area (Å²) < 4.78 is 35.0. The maximum atomic E-state index is 11.7. The van der Waals surface area contributed by atoms with Crippen molar-refractivity contribution < 1.29 is 18.0 Å². The van der Waals surface area contributed by atoms with Gasteiger partial charge in [0.2, 0.25) is 5.91 Å². The van der Waals surface area contributed by atoms with Crippen molar-refractivity contribution in [2.24, 2.45) is 5.73 Å². The maximum absolute atomic E-state index is 11.7. The van der Waals surface area contributed by atoms with Crippen molar-refractivity contribution in [2.45, 2.75) is 38.4 Å². The highest BCUT2D eigenvalue weighted by Gasteiger charge is 2.26. The van der Waals surface area contributed by atoms with Crippen LogP contribution in [0.1, 0.15) is 26.2 Å². The molecular formula is C8H15F3N2O. The van der Waals surface area contributed by atoms with E-state index in [4.69, 9.17) is 5.73 Å². The minimum Gasteiger partial charge on any atom is -0.356 e. The van der Waals surface area contributed by atoms with Gasteiger partial charge in [-0.05, 0) is 6.42 Å². The highest BCUT2D eigenvalue weighted by Crippen LogP contribution is 2.18. The largest absolute Gasteiger partial charge is 0.390 e. The Bertz CT molecular complexity index is 182. The van der Waals surface area contributed by atoms with E-state index in [1.54, 1.807) is 0 Å². The molecule has 0 aromatic carbocycles. The van der Waals surface area contributed by atoms with Crippen LogP contribution in [0.15, 0.2) is 0 Å². The molecule has 1 unspecified atom stereocenters. The number of hydrogen-bond donors (Lipinski definition) is 2. The number of nitrogens with two attached hydrogens (primary N) is 1. The molecule has 3 nitrogen and oxygen atoms in total. The van der Waals surface area contributed by atoms with Crippen molar-refractivity contribution in [3.63, 3.8) is 0 Å². The third-order valence-corrected chi connectivity index (χ3v) is 1.70. The summed E-state index contributed by atoms with van der Waals surface area (Å²) in [6.07, 6.45) is -4.51. The molecule has 0 bridgehead atoms. The summed E-state index contributed by atoms with van der Waals surface area (Å²) in [5, 5.41) is 2.17.